The number of hydrogen-bond donors (Lipinski definition) is 1. The molecule has 2 rings (SSSR count). The molecule has 1 saturated heterocycles. The summed E-state index contributed by atoms with van der Waals surface area (Å²) in [4.78, 5) is 7.03. The molecule has 1 aromatic rings. The van der Waals surface area contributed by atoms with Crippen molar-refractivity contribution in [2.75, 3.05) is 23.3 Å². The van der Waals surface area contributed by atoms with Crippen LogP contribution in [0.1, 0.15) is 52.9 Å². The largest absolute Gasteiger partial charge is 0.353 e. The minimum atomic E-state index is 0.601. The van der Waals surface area contributed by atoms with Gasteiger partial charge in [0.1, 0.15) is 0 Å². The zero-order chi connectivity index (χ0) is 14.4. The third-order valence-electron chi connectivity index (χ3n) is 3.94. The van der Waals surface area contributed by atoms with Gasteiger partial charge in [-0.3, -0.25) is 0 Å². The molecule has 0 aliphatic carbocycles. The lowest BCUT2D eigenvalue weighted by atomic mass is 10.0. The third-order valence-corrected chi connectivity index (χ3v) is 3.94. The molecule has 0 radical (unpaired) electrons. The Hall–Kier alpha value is -1.39. The second-order valence-corrected chi connectivity index (χ2v) is 6.00. The van der Waals surface area contributed by atoms with Crippen molar-refractivity contribution in [3.05, 3.63) is 6.20 Å². The van der Waals surface area contributed by atoms with E-state index in [4.69, 9.17) is 0 Å². The Kier molecular flexibility index (Phi) is 5.56. The summed E-state index contributed by atoms with van der Waals surface area (Å²) in [5, 5.41) is 11.5. The van der Waals surface area contributed by atoms with Crippen LogP contribution in [0.25, 0.3) is 0 Å². The molecule has 0 bridgehead atoms. The maximum atomic E-state index is 4.63. The zero-order valence-corrected chi connectivity index (χ0v) is 13.0. The summed E-state index contributed by atoms with van der Waals surface area (Å²) in [6, 6.07) is 0.601. The average Bonchev–Trinajstić information content (AvgIpc) is 2.47. The van der Waals surface area contributed by atoms with Crippen LogP contribution < -0.4 is 10.2 Å². The molecule has 0 amide bonds. The summed E-state index contributed by atoms with van der Waals surface area (Å²) >= 11 is 0. The van der Waals surface area contributed by atoms with E-state index in [2.05, 4.69) is 46.2 Å². The van der Waals surface area contributed by atoms with E-state index in [9.17, 15) is 0 Å². The van der Waals surface area contributed by atoms with Crippen molar-refractivity contribution < 1.29 is 0 Å². The van der Waals surface area contributed by atoms with Crippen LogP contribution in [0.15, 0.2) is 6.20 Å². The fourth-order valence-electron chi connectivity index (χ4n) is 2.71. The van der Waals surface area contributed by atoms with Crippen LogP contribution in [0.3, 0.4) is 0 Å². The van der Waals surface area contributed by atoms with Gasteiger partial charge in [0.25, 0.3) is 0 Å². The molecule has 1 N–H and O–H groups in total. The Balaban J connectivity index is 2.00. The van der Waals surface area contributed by atoms with Crippen LogP contribution in [-0.2, 0) is 0 Å². The highest BCUT2D eigenvalue weighted by atomic mass is 15.3. The number of anilines is 2. The van der Waals surface area contributed by atoms with Crippen LogP contribution in [0.4, 0.5) is 11.8 Å². The van der Waals surface area contributed by atoms with Crippen molar-refractivity contribution in [2.45, 2.75) is 58.9 Å². The molecule has 0 aromatic carbocycles. The first-order valence-corrected chi connectivity index (χ1v) is 7.91. The first kappa shape index (κ1) is 15.0. The summed E-state index contributed by atoms with van der Waals surface area (Å²) in [6.45, 7) is 8.68. The maximum Gasteiger partial charge on any atom is 0.244 e. The van der Waals surface area contributed by atoms with Gasteiger partial charge in [-0.15, -0.1) is 5.10 Å². The van der Waals surface area contributed by atoms with E-state index in [1.165, 1.54) is 25.7 Å². The zero-order valence-electron chi connectivity index (χ0n) is 13.0. The molecule has 112 valence electrons. The second-order valence-electron chi connectivity index (χ2n) is 6.00. The van der Waals surface area contributed by atoms with Crippen LogP contribution >= 0.6 is 0 Å². The van der Waals surface area contributed by atoms with Crippen molar-refractivity contribution in [1.29, 1.82) is 0 Å². The molecule has 1 aliphatic heterocycles. The molecule has 5 nitrogen and oxygen atoms in total. The molecule has 1 aromatic heterocycles. The normalized spacial score (nSPS) is 19.4. The van der Waals surface area contributed by atoms with E-state index in [1.807, 2.05) is 0 Å². The van der Waals surface area contributed by atoms with Crippen molar-refractivity contribution in [3.63, 3.8) is 0 Å². The summed E-state index contributed by atoms with van der Waals surface area (Å²) in [5.41, 5.74) is 0. The SMILES string of the molecule is CCC1CCCCN1c1cnnc(NCCC(C)C)n1. The molecule has 0 saturated carbocycles. The Morgan fingerprint density at radius 1 is 1.40 bits per heavy atom. The van der Waals surface area contributed by atoms with Gasteiger partial charge < -0.3 is 10.2 Å². The molecular weight excluding hydrogens is 250 g/mol. The lowest BCUT2D eigenvalue weighted by molar-refractivity contribution is 0.446. The van der Waals surface area contributed by atoms with Crippen LogP contribution in [-0.4, -0.2) is 34.3 Å². The first-order chi connectivity index (χ1) is 9.70. The number of rotatable bonds is 6. The van der Waals surface area contributed by atoms with Crippen molar-refractivity contribution in [2.24, 2.45) is 5.92 Å². The van der Waals surface area contributed by atoms with E-state index in [-0.39, 0.29) is 0 Å². The first-order valence-electron chi connectivity index (χ1n) is 7.91. The predicted molar refractivity (Wildman–Crippen MR) is 83.0 cm³/mol. The van der Waals surface area contributed by atoms with Gasteiger partial charge in [-0.2, -0.15) is 10.1 Å². The lowest BCUT2D eigenvalue weighted by Crippen LogP contribution is -2.39. The van der Waals surface area contributed by atoms with Gasteiger partial charge in [0.2, 0.25) is 5.95 Å². The van der Waals surface area contributed by atoms with Crippen LogP contribution in [0.5, 0.6) is 0 Å². The van der Waals surface area contributed by atoms with E-state index < -0.39 is 0 Å². The van der Waals surface area contributed by atoms with Crippen molar-refractivity contribution in [3.8, 4) is 0 Å². The second kappa shape index (κ2) is 7.41. The van der Waals surface area contributed by atoms with Gasteiger partial charge in [0, 0.05) is 19.1 Å². The van der Waals surface area contributed by atoms with Gasteiger partial charge in [-0.05, 0) is 38.0 Å². The lowest BCUT2D eigenvalue weighted by Gasteiger charge is -2.35. The van der Waals surface area contributed by atoms with Gasteiger partial charge >= 0.3 is 0 Å². The van der Waals surface area contributed by atoms with Crippen LogP contribution in [0.2, 0.25) is 0 Å². The Morgan fingerprint density at radius 2 is 2.25 bits per heavy atom. The number of aromatic nitrogens is 3. The fourth-order valence-corrected chi connectivity index (χ4v) is 2.71. The fraction of sp³-hybridized carbons (Fsp3) is 0.800. The van der Waals surface area contributed by atoms with Crippen molar-refractivity contribution >= 4 is 11.8 Å². The Bertz CT molecular complexity index is 407. The minimum absolute atomic E-state index is 0.601. The van der Waals surface area contributed by atoms with E-state index in [0.29, 0.717) is 17.9 Å². The molecule has 20 heavy (non-hydrogen) atoms. The van der Waals surface area contributed by atoms with Crippen molar-refractivity contribution in [1.82, 2.24) is 15.2 Å². The monoisotopic (exact) mass is 277 g/mol. The smallest absolute Gasteiger partial charge is 0.244 e. The molecule has 1 aliphatic rings. The number of nitrogens with one attached hydrogen (secondary N) is 1. The predicted octanol–water partition coefficient (Wildman–Crippen LogP) is 3.10. The van der Waals surface area contributed by atoms with Gasteiger partial charge in [-0.25, -0.2) is 0 Å². The standard InChI is InChI=1S/C15H27N5/c1-4-13-7-5-6-10-20(13)14-11-17-19-15(18-14)16-9-8-12(2)3/h11-13H,4-10H2,1-3H3,(H,16,18,19). The molecule has 2 heterocycles. The molecular formula is C15H27N5. The highest BCUT2D eigenvalue weighted by Gasteiger charge is 2.22. The highest BCUT2D eigenvalue weighted by molar-refractivity contribution is 5.41. The maximum absolute atomic E-state index is 4.63. The average molecular weight is 277 g/mol. The minimum Gasteiger partial charge on any atom is -0.353 e. The third kappa shape index (κ3) is 4.05. The summed E-state index contributed by atoms with van der Waals surface area (Å²) in [5.74, 6) is 2.31. The van der Waals surface area contributed by atoms with Gasteiger partial charge in [-0.1, -0.05) is 20.8 Å². The quantitative estimate of drug-likeness (QED) is 0.866. The Morgan fingerprint density at radius 3 is 3.00 bits per heavy atom. The molecule has 5 heteroatoms. The van der Waals surface area contributed by atoms with Gasteiger partial charge in [0.15, 0.2) is 5.82 Å². The Labute approximate surface area is 122 Å². The van der Waals surface area contributed by atoms with Gasteiger partial charge in [0.05, 0.1) is 6.20 Å². The summed E-state index contributed by atoms with van der Waals surface area (Å²) in [6.07, 6.45) is 7.91. The molecule has 1 atom stereocenters. The topological polar surface area (TPSA) is 53.9 Å². The van der Waals surface area contributed by atoms with E-state index in [1.54, 1.807) is 6.20 Å². The molecule has 0 spiro atoms. The number of nitrogens with zero attached hydrogens (tertiary/aromatic N) is 4. The molecule has 1 fully saturated rings. The highest BCUT2D eigenvalue weighted by Crippen LogP contribution is 2.24. The van der Waals surface area contributed by atoms with E-state index in [0.717, 1.165) is 25.3 Å². The number of piperidine rings is 1. The summed E-state index contributed by atoms with van der Waals surface area (Å²) < 4.78 is 0. The number of hydrogen-bond acceptors (Lipinski definition) is 5. The van der Waals surface area contributed by atoms with Crippen LogP contribution in [0, 0.1) is 5.92 Å². The molecule has 1 unspecified atom stereocenters. The summed E-state index contributed by atoms with van der Waals surface area (Å²) in [7, 11) is 0. The van der Waals surface area contributed by atoms with E-state index >= 15 is 0 Å².